The van der Waals surface area contributed by atoms with Crippen molar-refractivity contribution in [2.75, 3.05) is 79.3 Å². The van der Waals surface area contributed by atoms with Crippen LogP contribution in [0.3, 0.4) is 0 Å². The smallest absolute Gasteiger partial charge is 0.140 e. The third-order valence-electron chi connectivity index (χ3n) is 3.36. The average Bonchev–Trinajstić information content (AvgIpc) is 2.62. The molecule has 0 unspecified atom stereocenters. The van der Waals surface area contributed by atoms with Gasteiger partial charge in [0.15, 0.2) is 0 Å². The molecule has 0 aliphatic heterocycles. The number of carbonyl (C=O) groups excluding carboxylic acids is 1. The fourth-order valence-corrected chi connectivity index (χ4v) is 1.77. The van der Waals surface area contributed by atoms with Gasteiger partial charge >= 0.3 is 0 Å². The Balaban J connectivity index is 3.11. The largest absolute Gasteiger partial charge is 0.379 e. The second-order valence-corrected chi connectivity index (χ2v) is 6.74. The molecule has 0 aromatic heterocycles. The summed E-state index contributed by atoms with van der Waals surface area (Å²) >= 11 is 0. The minimum Gasteiger partial charge on any atom is -0.379 e. The van der Waals surface area contributed by atoms with Crippen LogP contribution < -0.4 is 0 Å². The van der Waals surface area contributed by atoms with E-state index in [4.69, 9.17) is 34.8 Å². The van der Waals surface area contributed by atoms with Crippen LogP contribution in [0.2, 0.25) is 0 Å². The molecule has 0 bridgehead atoms. The van der Waals surface area contributed by atoms with Gasteiger partial charge in [0.2, 0.25) is 0 Å². The molecule has 0 N–H and O–H groups in total. The molecule has 7 heteroatoms. The first-order valence-electron chi connectivity index (χ1n) is 9.41. The Morgan fingerprint density at radius 2 is 1.00 bits per heavy atom. The van der Waals surface area contributed by atoms with Crippen molar-refractivity contribution < 1.29 is 33.2 Å². The number of terminal acetylenes is 1. The summed E-state index contributed by atoms with van der Waals surface area (Å²) in [4.78, 5) is 11.7. The molecule has 0 heterocycles. The molecule has 0 aromatic rings. The summed E-state index contributed by atoms with van der Waals surface area (Å²) in [5.74, 6) is 2.60. The third-order valence-corrected chi connectivity index (χ3v) is 3.36. The van der Waals surface area contributed by atoms with Crippen LogP contribution in [0.5, 0.6) is 0 Å². The lowest BCUT2D eigenvalue weighted by molar-refractivity contribution is -0.127. The van der Waals surface area contributed by atoms with Crippen molar-refractivity contribution in [3.63, 3.8) is 0 Å². The fourth-order valence-electron chi connectivity index (χ4n) is 1.77. The van der Waals surface area contributed by atoms with Crippen molar-refractivity contribution in [1.29, 1.82) is 0 Å². The molecular weight excluding hydrogens is 352 g/mol. The van der Waals surface area contributed by atoms with E-state index in [0.717, 1.165) is 0 Å². The Hall–Kier alpha value is -1.01. The minimum absolute atomic E-state index is 0.208. The van der Waals surface area contributed by atoms with Gasteiger partial charge in [-0.05, 0) is 0 Å². The van der Waals surface area contributed by atoms with Crippen molar-refractivity contribution in [3.05, 3.63) is 0 Å². The van der Waals surface area contributed by atoms with Crippen LogP contribution in [-0.4, -0.2) is 85.1 Å². The van der Waals surface area contributed by atoms with Gasteiger partial charge in [-0.15, -0.1) is 6.42 Å². The molecule has 158 valence electrons. The SMILES string of the molecule is C#CCOCCOCCOCCOCCOCCOCCC(=O)C(C)(C)C. The Bertz CT molecular complexity index is 385. The number of carbonyl (C=O) groups is 1. The van der Waals surface area contributed by atoms with Gasteiger partial charge in [0.05, 0.1) is 72.7 Å². The van der Waals surface area contributed by atoms with Crippen molar-refractivity contribution in [1.82, 2.24) is 0 Å². The van der Waals surface area contributed by atoms with Crippen LogP contribution in [0.15, 0.2) is 0 Å². The van der Waals surface area contributed by atoms with Crippen LogP contribution >= 0.6 is 0 Å². The highest BCUT2D eigenvalue weighted by Crippen LogP contribution is 2.16. The standard InChI is InChI=1S/C20H36O7/c1-5-7-22-9-11-24-13-15-26-17-18-27-16-14-25-12-10-23-8-6-19(21)20(2,3)4/h1H,6-18H2,2-4H3. The van der Waals surface area contributed by atoms with E-state index in [9.17, 15) is 4.79 Å². The molecule has 0 amide bonds. The molecule has 0 saturated carbocycles. The maximum absolute atomic E-state index is 11.7. The highest BCUT2D eigenvalue weighted by Gasteiger charge is 2.20. The van der Waals surface area contributed by atoms with Crippen molar-refractivity contribution in [2.45, 2.75) is 27.2 Å². The van der Waals surface area contributed by atoms with Crippen LogP contribution in [0.1, 0.15) is 27.2 Å². The van der Waals surface area contributed by atoms with E-state index < -0.39 is 0 Å². The predicted octanol–water partition coefficient (Wildman–Crippen LogP) is 1.72. The average molecular weight is 389 g/mol. The summed E-state index contributed by atoms with van der Waals surface area (Å²) in [5, 5.41) is 0. The zero-order valence-corrected chi connectivity index (χ0v) is 17.1. The molecule has 0 atom stereocenters. The lowest BCUT2D eigenvalue weighted by Crippen LogP contribution is -2.22. The van der Waals surface area contributed by atoms with Gasteiger partial charge in [-0.1, -0.05) is 26.7 Å². The second kappa shape index (κ2) is 18.4. The van der Waals surface area contributed by atoms with Crippen molar-refractivity contribution >= 4 is 5.78 Å². The number of hydrogen-bond acceptors (Lipinski definition) is 7. The molecule has 0 radical (unpaired) electrons. The van der Waals surface area contributed by atoms with E-state index in [0.29, 0.717) is 85.7 Å². The monoisotopic (exact) mass is 388 g/mol. The summed E-state index contributed by atoms with van der Waals surface area (Å²) in [6.07, 6.45) is 5.49. The maximum Gasteiger partial charge on any atom is 0.140 e. The lowest BCUT2D eigenvalue weighted by atomic mass is 9.89. The zero-order chi connectivity index (χ0) is 20.2. The number of rotatable bonds is 19. The van der Waals surface area contributed by atoms with Gasteiger partial charge in [0, 0.05) is 11.8 Å². The molecule has 0 rings (SSSR count). The molecule has 7 nitrogen and oxygen atoms in total. The first kappa shape index (κ1) is 26.0. The number of ether oxygens (including phenoxy) is 6. The lowest BCUT2D eigenvalue weighted by Gasteiger charge is -2.16. The Morgan fingerprint density at radius 3 is 1.33 bits per heavy atom. The molecule has 0 aliphatic rings. The van der Waals surface area contributed by atoms with E-state index in [1.165, 1.54) is 0 Å². The molecule has 0 fully saturated rings. The molecule has 0 aliphatic carbocycles. The Labute approximate surface area is 164 Å². The van der Waals surface area contributed by atoms with Crippen LogP contribution in [0, 0.1) is 17.8 Å². The summed E-state index contributed by atoms with van der Waals surface area (Å²) in [6, 6.07) is 0. The highest BCUT2D eigenvalue weighted by atomic mass is 16.6. The third kappa shape index (κ3) is 19.6. The quantitative estimate of drug-likeness (QED) is 0.246. The first-order chi connectivity index (χ1) is 13.0. The van der Waals surface area contributed by atoms with E-state index in [-0.39, 0.29) is 11.2 Å². The number of ketones is 1. The van der Waals surface area contributed by atoms with Crippen LogP contribution in [0.4, 0.5) is 0 Å². The minimum atomic E-state index is -0.300. The Morgan fingerprint density at radius 1 is 0.667 bits per heavy atom. The van der Waals surface area contributed by atoms with Crippen molar-refractivity contribution in [2.24, 2.45) is 5.41 Å². The van der Waals surface area contributed by atoms with Crippen LogP contribution in [0.25, 0.3) is 0 Å². The number of Topliss-reactive ketones (excluding diaryl/α,β-unsaturated/α-hetero) is 1. The van der Waals surface area contributed by atoms with Crippen LogP contribution in [-0.2, 0) is 33.2 Å². The summed E-state index contributed by atoms with van der Waals surface area (Å²) in [5.41, 5.74) is -0.300. The van der Waals surface area contributed by atoms with E-state index in [2.05, 4.69) is 5.92 Å². The van der Waals surface area contributed by atoms with E-state index in [1.807, 2.05) is 20.8 Å². The van der Waals surface area contributed by atoms with Gasteiger partial charge < -0.3 is 28.4 Å². The molecular formula is C20H36O7. The predicted molar refractivity (Wildman–Crippen MR) is 103 cm³/mol. The summed E-state index contributed by atoms with van der Waals surface area (Å²) in [6.45, 7) is 11.5. The molecule has 0 saturated heterocycles. The molecule has 27 heavy (non-hydrogen) atoms. The van der Waals surface area contributed by atoms with Crippen molar-refractivity contribution in [3.8, 4) is 12.3 Å². The molecule has 0 aromatic carbocycles. The highest BCUT2D eigenvalue weighted by molar-refractivity contribution is 5.83. The molecule has 0 spiro atoms. The fraction of sp³-hybridized carbons (Fsp3) is 0.850. The zero-order valence-electron chi connectivity index (χ0n) is 17.1. The van der Waals surface area contributed by atoms with Gasteiger partial charge in [0.25, 0.3) is 0 Å². The van der Waals surface area contributed by atoms with Gasteiger partial charge in [-0.2, -0.15) is 0 Å². The first-order valence-corrected chi connectivity index (χ1v) is 9.41. The summed E-state index contributed by atoms with van der Waals surface area (Å²) < 4.78 is 31.9. The maximum atomic E-state index is 11.7. The summed E-state index contributed by atoms with van der Waals surface area (Å²) in [7, 11) is 0. The van der Waals surface area contributed by atoms with E-state index in [1.54, 1.807) is 0 Å². The van der Waals surface area contributed by atoms with Gasteiger partial charge in [-0.25, -0.2) is 0 Å². The second-order valence-electron chi connectivity index (χ2n) is 6.74. The normalized spacial score (nSPS) is 11.5. The van der Waals surface area contributed by atoms with Gasteiger partial charge in [-0.3, -0.25) is 4.79 Å². The number of hydrogen-bond donors (Lipinski definition) is 0. The van der Waals surface area contributed by atoms with E-state index >= 15 is 0 Å². The Kier molecular flexibility index (Phi) is 17.7. The van der Waals surface area contributed by atoms with Gasteiger partial charge in [0.1, 0.15) is 12.4 Å². The topological polar surface area (TPSA) is 72.5 Å².